The lowest BCUT2D eigenvalue weighted by Gasteiger charge is -2.54. The SMILES string of the molecule is C=C(C)[C@@H]1C[C@]2(C)[C@@H](C)[C@H](OC(=O)/C=C\[C@H](CC)OC(=O)/C=C\CCC)CC[C@H]2[C@H](O)C1=O. The number of aliphatic hydroxyl groups excluding tert-OH is 1. The van der Waals surface area contributed by atoms with Crippen molar-refractivity contribution in [2.45, 2.75) is 91.5 Å². The van der Waals surface area contributed by atoms with E-state index in [0.29, 0.717) is 25.7 Å². The molecular formula is C27H40O6. The zero-order valence-corrected chi connectivity index (χ0v) is 20.7. The quantitative estimate of drug-likeness (QED) is 0.304. The Labute approximate surface area is 198 Å². The molecule has 0 aromatic rings. The number of hydrogen-bond donors (Lipinski definition) is 1. The van der Waals surface area contributed by atoms with E-state index in [1.54, 1.807) is 12.2 Å². The minimum absolute atomic E-state index is 0.0262. The van der Waals surface area contributed by atoms with Gasteiger partial charge in [-0.3, -0.25) is 4.79 Å². The number of esters is 2. The fraction of sp³-hybridized carbons (Fsp3) is 0.667. The van der Waals surface area contributed by atoms with Crippen LogP contribution in [0, 0.1) is 23.2 Å². The lowest BCUT2D eigenvalue weighted by molar-refractivity contribution is -0.172. The van der Waals surface area contributed by atoms with Crippen LogP contribution in [-0.2, 0) is 23.9 Å². The lowest BCUT2D eigenvalue weighted by Crippen LogP contribution is -2.57. The molecule has 1 N–H and O–H groups in total. The van der Waals surface area contributed by atoms with Crippen molar-refractivity contribution >= 4 is 17.7 Å². The minimum atomic E-state index is -1.00. The van der Waals surface area contributed by atoms with Gasteiger partial charge in [0, 0.05) is 18.1 Å². The zero-order chi connectivity index (χ0) is 24.8. The Balaban J connectivity index is 2.01. The summed E-state index contributed by atoms with van der Waals surface area (Å²) in [5.74, 6) is -1.59. The van der Waals surface area contributed by atoms with Crippen molar-refractivity contribution in [3.63, 3.8) is 0 Å². The predicted molar refractivity (Wildman–Crippen MR) is 127 cm³/mol. The monoisotopic (exact) mass is 460 g/mol. The van der Waals surface area contributed by atoms with Gasteiger partial charge in [-0.25, -0.2) is 9.59 Å². The number of ether oxygens (including phenoxy) is 2. The second-order valence-corrected chi connectivity index (χ2v) is 9.84. The van der Waals surface area contributed by atoms with Crippen LogP contribution >= 0.6 is 0 Å². The summed E-state index contributed by atoms with van der Waals surface area (Å²) in [7, 11) is 0. The average Bonchev–Trinajstić information content (AvgIpc) is 2.76. The van der Waals surface area contributed by atoms with Crippen LogP contribution in [0.4, 0.5) is 0 Å². The van der Waals surface area contributed by atoms with Gasteiger partial charge in [-0.05, 0) is 62.4 Å². The van der Waals surface area contributed by atoms with Gasteiger partial charge in [0.1, 0.15) is 18.3 Å². The molecule has 2 fully saturated rings. The van der Waals surface area contributed by atoms with E-state index in [0.717, 1.165) is 18.4 Å². The molecule has 2 aliphatic carbocycles. The van der Waals surface area contributed by atoms with Gasteiger partial charge in [0.15, 0.2) is 5.78 Å². The Hall–Kier alpha value is -2.21. The maximum absolute atomic E-state index is 12.6. The number of carbonyl (C=O) groups is 3. The molecule has 0 radical (unpaired) electrons. The van der Waals surface area contributed by atoms with Gasteiger partial charge in [0.25, 0.3) is 0 Å². The van der Waals surface area contributed by atoms with Crippen LogP contribution in [0.5, 0.6) is 0 Å². The fourth-order valence-electron chi connectivity index (χ4n) is 5.23. The van der Waals surface area contributed by atoms with Crippen molar-refractivity contribution in [2.24, 2.45) is 23.2 Å². The Morgan fingerprint density at radius 3 is 2.55 bits per heavy atom. The van der Waals surface area contributed by atoms with E-state index in [-0.39, 0.29) is 35.1 Å². The Kier molecular flexibility index (Phi) is 9.65. The molecule has 7 atom stereocenters. The highest BCUT2D eigenvalue weighted by Crippen LogP contribution is 2.55. The van der Waals surface area contributed by atoms with E-state index in [9.17, 15) is 19.5 Å². The fourth-order valence-corrected chi connectivity index (χ4v) is 5.23. The highest BCUT2D eigenvalue weighted by atomic mass is 16.5. The number of allylic oxidation sites excluding steroid dienone is 2. The molecule has 0 unspecified atom stereocenters. The molecule has 0 saturated heterocycles. The summed E-state index contributed by atoms with van der Waals surface area (Å²) in [5, 5.41) is 10.7. The number of fused-ring (bicyclic) bond motifs is 1. The standard InChI is InChI=1S/C27H40O6/c1-7-9-10-11-23(28)32-19(8-2)12-15-24(29)33-22-14-13-21-26(31)25(30)20(17(3)4)16-27(21,6)18(22)5/h10-12,15,18-22,26,31H,3,7-9,13-14,16H2,1-2,4-6H3/b11-10-,15-12-/t18-,19-,20-,21-,22+,26-,27+/m0/s1. The topological polar surface area (TPSA) is 89.9 Å². The summed E-state index contributed by atoms with van der Waals surface area (Å²) in [5.41, 5.74) is 0.425. The van der Waals surface area contributed by atoms with Crippen molar-refractivity contribution in [3.05, 3.63) is 36.5 Å². The highest BCUT2D eigenvalue weighted by molar-refractivity contribution is 5.89. The van der Waals surface area contributed by atoms with Crippen LogP contribution in [0.2, 0.25) is 0 Å². The number of Topliss-reactive ketones (excluding diaryl/α,β-unsaturated/α-hetero) is 1. The first kappa shape index (κ1) is 27.0. The molecule has 0 heterocycles. The van der Waals surface area contributed by atoms with Gasteiger partial charge in [0.2, 0.25) is 0 Å². The Morgan fingerprint density at radius 1 is 1.24 bits per heavy atom. The van der Waals surface area contributed by atoms with E-state index in [4.69, 9.17) is 9.47 Å². The zero-order valence-electron chi connectivity index (χ0n) is 20.7. The van der Waals surface area contributed by atoms with Crippen molar-refractivity contribution in [2.75, 3.05) is 0 Å². The van der Waals surface area contributed by atoms with Crippen LogP contribution in [0.25, 0.3) is 0 Å². The number of hydrogen-bond acceptors (Lipinski definition) is 6. The van der Waals surface area contributed by atoms with Gasteiger partial charge >= 0.3 is 11.9 Å². The van der Waals surface area contributed by atoms with Crippen LogP contribution in [0.3, 0.4) is 0 Å². The van der Waals surface area contributed by atoms with Gasteiger partial charge in [-0.15, -0.1) is 0 Å². The third-order valence-corrected chi connectivity index (χ3v) is 7.56. The predicted octanol–water partition coefficient (Wildman–Crippen LogP) is 4.71. The Morgan fingerprint density at radius 2 is 1.94 bits per heavy atom. The maximum atomic E-state index is 12.6. The van der Waals surface area contributed by atoms with Crippen LogP contribution in [0.1, 0.15) is 73.1 Å². The molecule has 6 nitrogen and oxygen atoms in total. The normalized spacial score (nSPS) is 33.0. The van der Waals surface area contributed by atoms with E-state index in [1.165, 1.54) is 12.2 Å². The molecule has 2 rings (SSSR count). The lowest BCUT2D eigenvalue weighted by atomic mass is 9.51. The third-order valence-electron chi connectivity index (χ3n) is 7.56. The summed E-state index contributed by atoms with van der Waals surface area (Å²) in [6, 6.07) is 0. The summed E-state index contributed by atoms with van der Waals surface area (Å²) in [6.45, 7) is 13.8. The molecule has 184 valence electrons. The molecule has 0 amide bonds. The average molecular weight is 461 g/mol. The number of carbonyl (C=O) groups excluding carboxylic acids is 3. The second kappa shape index (κ2) is 11.8. The molecule has 0 bridgehead atoms. The first-order chi connectivity index (χ1) is 15.5. The molecule has 2 saturated carbocycles. The summed E-state index contributed by atoms with van der Waals surface area (Å²) in [4.78, 5) is 37.0. The molecule has 0 aliphatic heterocycles. The van der Waals surface area contributed by atoms with Crippen molar-refractivity contribution < 1.29 is 29.0 Å². The number of rotatable bonds is 9. The van der Waals surface area contributed by atoms with E-state index < -0.39 is 24.1 Å². The van der Waals surface area contributed by atoms with E-state index in [1.807, 2.05) is 27.7 Å². The molecule has 33 heavy (non-hydrogen) atoms. The second-order valence-electron chi connectivity index (χ2n) is 9.84. The largest absolute Gasteiger partial charge is 0.459 e. The third kappa shape index (κ3) is 6.44. The van der Waals surface area contributed by atoms with Crippen LogP contribution in [-0.4, -0.2) is 41.1 Å². The van der Waals surface area contributed by atoms with Crippen LogP contribution < -0.4 is 0 Å². The summed E-state index contributed by atoms with van der Waals surface area (Å²) < 4.78 is 11.1. The number of aliphatic hydroxyl groups is 1. The number of unbranched alkanes of at least 4 members (excludes halogenated alkanes) is 1. The van der Waals surface area contributed by atoms with Crippen molar-refractivity contribution in [3.8, 4) is 0 Å². The van der Waals surface area contributed by atoms with Crippen molar-refractivity contribution in [1.29, 1.82) is 0 Å². The molecule has 0 aromatic carbocycles. The molecular weight excluding hydrogens is 420 g/mol. The Bertz CT molecular complexity index is 796. The van der Waals surface area contributed by atoms with Crippen molar-refractivity contribution in [1.82, 2.24) is 0 Å². The molecule has 0 aromatic heterocycles. The van der Waals surface area contributed by atoms with Gasteiger partial charge < -0.3 is 14.6 Å². The molecule has 0 spiro atoms. The van der Waals surface area contributed by atoms with Crippen LogP contribution in [0.15, 0.2) is 36.5 Å². The maximum Gasteiger partial charge on any atom is 0.331 e. The molecule has 6 heteroatoms. The van der Waals surface area contributed by atoms with E-state index >= 15 is 0 Å². The smallest absolute Gasteiger partial charge is 0.331 e. The first-order valence-electron chi connectivity index (χ1n) is 12.2. The summed E-state index contributed by atoms with van der Waals surface area (Å²) in [6.07, 6.45) is 8.40. The highest BCUT2D eigenvalue weighted by Gasteiger charge is 2.56. The van der Waals surface area contributed by atoms with Gasteiger partial charge in [-0.2, -0.15) is 0 Å². The molecule has 2 aliphatic rings. The van der Waals surface area contributed by atoms with Gasteiger partial charge in [0.05, 0.1) is 0 Å². The number of ketones is 1. The minimum Gasteiger partial charge on any atom is -0.459 e. The first-order valence-corrected chi connectivity index (χ1v) is 12.2. The summed E-state index contributed by atoms with van der Waals surface area (Å²) >= 11 is 0. The van der Waals surface area contributed by atoms with E-state index in [2.05, 4.69) is 13.5 Å². The van der Waals surface area contributed by atoms with Gasteiger partial charge in [-0.1, -0.05) is 52.3 Å².